The predicted molar refractivity (Wildman–Crippen MR) is 97.9 cm³/mol. The standard InChI is InChI=1S/C19H28N4O/c20-19(21-13-17-7-4-12-24-15-17)22-18-8-10-23(11-9-18)14-16-5-2-1-3-6-16/h1-3,5-7,18H,4,8-15H2,(H3,20,21,22). The van der Waals surface area contributed by atoms with E-state index in [4.69, 9.17) is 10.5 Å². The minimum absolute atomic E-state index is 0.428. The quantitative estimate of drug-likeness (QED) is 0.492. The van der Waals surface area contributed by atoms with Gasteiger partial charge in [0.1, 0.15) is 0 Å². The van der Waals surface area contributed by atoms with E-state index >= 15 is 0 Å². The molecule has 0 aromatic heterocycles. The number of aliphatic imine (C=N–C) groups is 1. The third-order valence-corrected chi connectivity index (χ3v) is 4.62. The van der Waals surface area contributed by atoms with Crippen LogP contribution in [0.5, 0.6) is 0 Å². The summed E-state index contributed by atoms with van der Waals surface area (Å²) in [6.07, 6.45) is 5.41. The van der Waals surface area contributed by atoms with Crippen molar-refractivity contribution in [3.05, 3.63) is 47.5 Å². The minimum atomic E-state index is 0.428. The van der Waals surface area contributed by atoms with E-state index < -0.39 is 0 Å². The molecule has 2 heterocycles. The maximum Gasteiger partial charge on any atom is 0.189 e. The molecule has 1 saturated heterocycles. The topological polar surface area (TPSA) is 62.9 Å². The molecule has 5 nitrogen and oxygen atoms in total. The molecule has 1 aromatic carbocycles. The smallest absolute Gasteiger partial charge is 0.189 e. The molecule has 0 saturated carbocycles. The van der Waals surface area contributed by atoms with Crippen LogP contribution in [-0.2, 0) is 11.3 Å². The van der Waals surface area contributed by atoms with Gasteiger partial charge in [-0.05, 0) is 30.4 Å². The molecule has 24 heavy (non-hydrogen) atoms. The zero-order chi connectivity index (χ0) is 16.6. The molecular formula is C19H28N4O. The van der Waals surface area contributed by atoms with Crippen molar-refractivity contribution in [1.29, 1.82) is 0 Å². The molecule has 2 aliphatic heterocycles. The van der Waals surface area contributed by atoms with Crippen LogP contribution in [0.4, 0.5) is 0 Å². The Labute approximate surface area is 144 Å². The molecule has 0 atom stereocenters. The van der Waals surface area contributed by atoms with E-state index in [1.807, 2.05) is 0 Å². The Kier molecular flexibility index (Phi) is 6.26. The maximum absolute atomic E-state index is 6.04. The molecule has 0 aliphatic carbocycles. The summed E-state index contributed by atoms with van der Waals surface area (Å²) in [6, 6.07) is 11.1. The minimum Gasteiger partial charge on any atom is -0.377 e. The number of nitrogens with two attached hydrogens (primary N) is 1. The molecule has 0 bridgehead atoms. The number of nitrogens with zero attached hydrogens (tertiary/aromatic N) is 2. The summed E-state index contributed by atoms with van der Waals surface area (Å²) in [5.74, 6) is 0.558. The largest absolute Gasteiger partial charge is 0.377 e. The highest BCUT2D eigenvalue weighted by Gasteiger charge is 2.19. The molecule has 1 fully saturated rings. The lowest BCUT2D eigenvalue weighted by Gasteiger charge is -2.32. The summed E-state index contributed by atoms with van der Waals surface area (Å²) in [5.41, 5.74) is 8.65. The average Bonchev–Trinajstić information content (AvgIpc) is 2.63. The van der Waals surface area contributed by atoms with Crippen molar-refractivity contribution >= 4 is 5.96 Å². The van der Waals surface area contributed by atoms with Crippen molar-refractivity contribution in [3.8, 4) is 0 Å². The van der Waals surface area contributed by atoms with E-state index in [2.05, 4.69) is 51.6 Å². The van der Waals surface area contributed by atoms with Crippen molar-refractivity contribution in [3.63, 3.8) is 0 Å². The van der Waals surface area contributed by atoms with Gasteiger partial charge in [0.2, 0.25) is 0 Å². The molecule has 0 spiro atoms. The highest BCUT2D eigenvalue weighted by Crippen LogP contribution is 2.13. The Morgan fingerprint density at radius 1 is 1.25 bits per heavy atom. The fraction of sp³-hybridized carbons (Fsp3) is 0.526. The second kappa shape index (κ2) is 8.85. The Morgan fingerprint density at radius 2 is 2.04 bits per heavy atom. The van der Waals surface area contributed by atoms with Gasteiger partial charge >= 0.3 is 0 Å². The Bertz CT molecular complexity index is 562. The fourth-order valence-corrected chi connectivity index (χ4v) is 3.24. The molecule has 130 valence electrons. The molecule has 3 N–H and O–H groups in total. The maximum atomic E-state index is 6.04. The van der Waals surface area contributed by atoms with Crippen LogP contribution in [-0.4, -0.2) is 49.7 Å². The monoisotopic (exact) mass is 328 g/mol. The van der Waals surface area contributed by atoms with Gasteiger partial charge < -0.3 is 15.8 Å². The van der Waals surface area contributed by atoms with E-state index in [9.17, 15) is 0 Å². The van der Waals surface area contributed by atoms with Gasteiger partial charge in [-0.1, -0.05) is 36.4 Å². The molecule has 2 aliphatic rings. The van der Waals surface area contributed by atoms with Crippen LogP contribution >= 0.6 is 0 Å². The number of piperidine rings is 1. The van der Waals surface area contributed by atoms with Gasteiger partial charge in [-0.25, -0.2) is 4.99 Å². The number of nitrogens with one attached hydrogen (secondary N) is 1. The molecule has 0 unspecified atom stereocenters. The second-order valence-corrected chi connectivity index (χ2v) is 6.59. The molecule has 0 radical (unpaired) electrons. The third-order valence-electron chi connectivity index (χ3n) is 4.62. The summed E-state index contributed by atoms with van der Waals surface area (Å²) in [7, 11) is 0. The van der Waals surface area contributed by atoms with Crippen LogP contribution in [0.1, 0.15) is 24.8 Å². The number of guanidine groups is 1. The first-order valence-corrected chi connectivity index (χ1v) is 8.88. The van der Waals surface area contributed by atoms with Gasteiger partial charge in [-0.15, -0.1) is 0 Å². The van der Waals surface area contributed by atoms with Crippen molar-refractivity contribution in [2.45, 2.75) is 31.8 Å². The number of rotatable bonds is 5. The van der Waals surface area contributed by atoms with Gasteiger partial charge in [0.05, 0.1) is 19.8 Å². The number of likely N-dealkylation sites (tertiary alicyclic amines) is 1. The molecule has 5 heteroatoms. The summed E-state index contributed by atoms with van der Waals surface area (Å²) in [6.45, 7) is 5.38. The molecule has 1 aromatic rings. The lowest BCUT2D eigenvalue weighted by molar-refractivity contribution is 0.150. The fourth-order valence-electron chi connectivity index (χ4n) is 3.24. The van der Waals surface area contributed by atoms with Crippen LogP contribution in [0.3, 0.4) is 0 Å². The number of benzene rings is 1. The van der Waals surface area contributed by atoms with Crippen molar-refractivity contribution in [2.75, 3.05) is 32.8 Å². The summed E-state index contributed by atoms with van der Waals surface area (Å²) in [4.78, 5) is 6.96. The number of hydrogen-bond acceptors (Lipinski definition) is 3. The first-order chi connectivity index (χ1) is 11.8. The van der Waals surface area contributed by atoms with Gasteiger partial charge in [0.15, 0.2) is 5.96 Å². The third kappa shape index (κ3) is 5.35. The van der Waals surface area contributed by atoms with Crippen LogP contribution < -0.4 is 11.1 Å². The Hall–Kier alpha value is -1.85. The molecular weight excluding hydrogens is 300 g/mol. The first kappa shape index (κ1) is 17.0. The van der Waals surface area contributed by atoms with Crippen LogP contribution in [0.15, 0.2) is 47.0 Å². The van der Waals surface area contributed by atoms with E-state index in [1.165, 1.54) is 11.1 Å². The van der Waals surface area contributed by atoms with Crippen molar-refractivity contribution in [1.82, 2.24) is 10.2 Å². The average molecular weight is 328 g/mol. The predicted octanol–water partition coefficient (Wildman–Crippen LogP) is 1.90. The summed E-state index contributed by atoms with van der Waals surface area (Å²) >= 11 is 0. The number of ether oxygens (including phenoxy) is 1. The van der Waals surface area contributed by atoms with Crippen LogP contribution in [0.2, 0.25) is 0 Å². The zero-order valence-corrected chi connectivity index (χ0v) is 14.3. The van der Waals surface area contributed by atoms with Crippen LogP contribution in [0.25, 0.3) is 0 Å². The Balaban J connectivity index is 1.39. The summed E-state index contributed by atoms with van der Waals surface area (Å²) in [5, 5.41) is 3.38. The van der Waals surface area contributed by atoms with Gasteiger partial charge in [-0.3, -0.25) is 4.90 Å². The van der Waals surface area contributed by atoms with E-state index in [1.54, 1.807) is 0 Å². The lowest BCUT2D eigenvalue weighted by atomic mass is 10.0. The van der Waals surface area contributed by atoms with Crippen molar-refractivity contribution in [2.24, 2.45) is 10.7 Å². The lowest BCUT2D eigenvalue weighted by Crippen LogP contribution is -2.46. The highest BCUT2D eigenvalue weighted by atomic mass is 16.5. The molecule has 0 amide bonds. The van der Waals surface area contributed by atoms with Crippen LogP contribution in [0, 0.1) is 0 Å². The summed E-state index contributed by atoms with van der Waals surface area (Å²) < 4.78 is 5.42. The van der Waals surface area contributed by atoms with E-state index in [0.29, 0.717) is 25.2 Å². The van der Waals surface area contributed by atoms with Crippen molar-refractivity contribution < 1.29 is 4.74 Å². The second-order valence-electron chi connectivity index (χ2n) is 6.59. The van der Waals surface area contributed by atoms with Gasteiger partial charge in [-0.2, -0.15) is 0 Å². The zero-order valence-electron chi connectivity index (χ0n) is 14.3. The van der Waals surface area contributed by atoms with Gasteiger partial charge in [0, 0.05) is 25.7 Å². The van der Waals surface area contributed by atoms with Gasteiger partial charge in [0.25, 0.3) is 0 Å². The first-order valence-electron chi connectivity index (χ1n) is 8.88. The molecule has 3 rings (SSSR count). The SMILES string of the molecule is NC(=NCC1=CCCOC1)NC1CCN(Cc2ccccc2)CC1. The highest BCUT2D eigenvalue weighted by molar-refractivity contribution is 5.78. The van der Waals surface area contributed by atoms with E-state index in [-0.39, 0.29) is 0 Å². The normalized spacial score (nSPS) is 20.7. The van der Waals surface area contributed by atoms with E-state index in [0.717, 1.165) is 45.5 Å². The number of hydrogen-bond donors (Lipinski definition) is 2. The Morgan fingerprint density at radius 3 is 2.75 bits per heavy atom.